The Morgan fingerprint density at radius 3 is 1.53 bits per heavy atom. The molecule has 0 aliphatic carbocycles. The van der Waals surface area contributed by atoms with Gasteiger partial charge in [-0.25, -0.2) is 9.97 Å². The molecule has 0 atom stereocenters. The third-order valence-corrected chi connectivity index (χ3v) is 11.5. The molecule has 0 unspecified atom stereocenters. The fourth-order valence-corrected chi connectivity index (χ4v) is 8.69. The van der Waals surface area contributed by atoms with Gasteiger partial charge in [-0.05, 0) is 112 Å². The third-order valence-electron chi connectivity index (χ3n) is 11.5. The van der Waals surface area contributed by atoms with Crippen LogP contribution in [0.3, 0.4) is 0 Å². The van der Waals surface area contributed by atoms with Crippen molar-refractivity contribution in [1.82, 2.24) is 14.5 Å². The van der Waals surface area contributed by atoms with Gasteiger partial charge in [0.05, 0.1) is 0 Å². The van der Waals surface area contributed by atoms with Gasteiger partial charge in [0.15, 0.2) is 5.65 Å². The molecule has 0 fully saturated rings. The van der Waals surface area contributed by atoms with E-state index in [1.165, 1.54) is 0 Å². The second-order valence-corrected chi connectivity index (χ2v) is 15.0. The molecule has 5 heteroatoms. The number of nitrogens with zero attached hydrogens (tertiary/aromatic N) is 3. The molecule has 0 bridgehead atoms. The van der Waals surface area contributed by atoms with E-state index in [1.54, 1.807) is 0 Å². The molecule has 0 aliphatic heterocycles. The van der Waals surface area contributed by atoms with Crippen molar-refractivity contribution >= 4 is 55.0 Å². The minimum atomic E-state index is 0.788. The summed E-state index contributed by atoms with van der Waals surface area (Å²) in [5.74, 6) is 0.802. The molecule has 8 aromatic carbocycles. The number of pyridine rings is 1. The number of benzene rings is 8. The summed E-state index contributed by atoms with van der Waals surface area (Å²) >= 11 is 0. The maximum atomic E-state index is 6.25. The number of fused-ring (bicyclic) bond motifs is 7. The lowest BCUT2D eigenvalue weighted by molar-refractivity contribution is 0.668. The van der Waals surface area contributed by atoms with Crippen LogP contribution in [0, 0.1) is 0 Å². The fourth-order valence-electron chi connectivity index (χ4n) is 8.69. The molecule has 0 aliphatic rings. The largest absolute Gasteiger partial charge is 0.456 e. The van der Waals surface area contributed by atoms with Gasteiger partial charge in [-0.2, -0.15) is 0 Å². The SMILES string of the molecule is c1ccc(-c2ccccc2-c2ccnc3c2nc(-c2cc(-c4ccc5oc6ccccc6c5c4)cc(-c4ccc5oc6ccccc6c5c4)c2)n3-c2ccccc2)cc1. The molecule has 4 aromatic heterocycles. The number of hydrogen-bond donors (Lipinski definition) is 0. The van der Waals surface area contributed by atoms with Crippen LogP contribution >= 0.6 is 0 Å². The van der Waals surface area contributed by atoms with E-state index in [-0.39, 0.29) is 0 Å². The molecule has 5 nitrogen and oxygen atoms in total. The highest BCUT2D eigenvalue weighted by Gasteiger charge is 2.22. The van der Waals surface area contributed by atoms with E-state index < -0.39 is 0 Å². The number of hydrogen-bond acceptors (Lipinski definition) is 4. The Labute approximate surface area is 339 Å². The number of imidazole rings is 1. The number of furan rings is 2. The topological polar surface area (TPSA) is 57.0 Å². The van der Waals surface area contributed by atoms with Crippen LogP contribution in [0.15, 0.2) is 209 Å². The third kappa shape index (κ3) is 5.47. The Balaban J connectivity index is 1.13. The monoisotopic (exact) mass is 755 g/mol. The van der Waals surface area contributed by atoms with Gasteiger partial charge in [-0.1, -0.05) is 121 Å². The summed E-state index contributed by atoms with van der Waals surface area (Å²) in [5, 5.41) is 4.36. The van der Waals surface area contributed by atoms with Crippen LogP contribution < -0.4 is 0 Å². The van der Waals surface area contributed by atoms with Crippen LogP contribution in [0.1, 0.15) is 0 Å². The van der Waals surface area contributed by atoms with E-state index in [2.05, 4.69) is 168 Å². The van der Waals surface area contributed by atoms with Crippen LogP contribution in [0.2, 0.25) is 0 Å². The molecular weight excluding hydrogens is 723 g/mol. The van der Waals surface area contributed by atoms with E-state index in [0.29, 0.717) is 0 Å². The molecule has 12 rings (SSSR count). The van der Waals surface area contributed by atoms with Crippen LogP contribution in [0.5, 0.6) is 0 Å². The van der Waals surface area contributed by atoms with E-state index in [9.17, 15) is 0 Å². The van der Waals surface area contributed by atoms with Gasteiger partial charge < -0.3 is 8.83 Å². The van der Waals surface area contributed by atoms with Gasteiger partial charge in [-0.15, -0.1) is 0 Å². The molecule has 0 N–H and O–H groups in total. The lowest BCUT2D eigenvalue weighted by Gasteiger charge is -2.13. The summed E-state index contributed by atoms with van der Waals surface area (Å²) in [5.41, 5.74) is 15.8. The fraction of sp³-hybridized carbons (Fsp3) is 0. The van der Waals surface area contributed by atoms with Crippen LogP contribution in [0.25, 0.3) is 117 Å². The normalized spacial score (nSPS) is 11.7. The zero-order valence-corrected chi connectivity index (χ0v) is 31.7. The molecule has 276 valence electrons. The number of para-hydroxylation sites is 3. The van der Waals surface area contributed by atoms with Crippen molar-refractivity contribution in [2.45, 2.75) is 0 Å². The maximum absolute atomic E-state index is 6.25. The summed E-state index contributed by atoms with van der Waals surface area (Å²) in [6, 6.07) is 67.8. The molecule has 0 saturated carbocycles. The average molecular weight is 756 g/mol. The highest BCUT2D eigenvalue weighted by Crippen LogP contribution is 2.41. The molecular formula is C54H33N3O2. The van der Waals surface area contributed by atoms with Crippen molar-refractivity contribution in [3.05, 3.63) is 200 Å². The Bertz CT molecular complexity index is 3430. The summed E-state index contributed by atoms with van der Waals surface area (Å²) < 4.78 is 14.7. The molecule has 12 aromatic rings. The van der Waals surface area contributed by atoms with Crippen molar-refractivity contribution in [1.29, 1.82) is 0 Å². The summed E-state index contributed by atoms with van der Waals surface area (Å²) in [7, 11) is 0. The van der Waals surface area contributed by atoms with Crippen LogP contribution in [-0.2, 0) is 0 Å². The smallest absolute Gasteiger partial charge is 0.165 e. The highest BCUT2D eigenvalue weighted by molar-refractivity contribution is 6.08. The molecule has 0 saturated heterocycles. The molecule has 0 spiro atoms. The first-order chi connectivity index (χ1) is 29.2. The maximum Gasteiger partial charge on any atom is 0.165 e. The molecule has 4 heterocycles. The van der Waals surface area contributed by atoms with Gasteiger partial charge in [0, 0.05) is 44.6 Å². The Hall–Kier alpha value is -8.02. The van der Waals surface area contributed by atoms with E-state index >= 15 is 0 Å². The van der Waals surface area contributed by atoms with Gasteiger partial charge in [0.2, 0.25) is 0 Å². The van der Waals surface area contributed by atoms with Crippen molar-refractivity contribution in [3.63, 3.8) is 0 Å². The van der Waals surface area contributed by atoms with Gasteiger partial charge >= 0.3 is 0 Å². The van der Waals surface area contributed by atoms with Crippen LogP contribution in [0.4, 0.5) is 0 Å². The van der Waals surface area contributed by atoms with Crippen LogP contribution in [-0.4, -0.2) is 14.5 Å². The molecule has 59 heavy (non-hydrogen) atoms. The lowest BCUT2D eigenvalue weighted by atomic mass is 9.94. The second kappa shape index (κ2) is 13.3. The van der Waals surface area contributed by atoms with Gasteiger partial charge in [0.25, 0.3) is 0 Å². The van der Waals surface area contributed by atoms with Crippen molar-refractivity contribution in [2.24, 2.45) is 0 Å². The standard InChI is InChI=1S/C54H33N3O2/c1-3-13-34(14-4-1)41-17-7-8-18-42(41)45-27-28-55-54-52(45)56-53(57(54)40-15-5-2-6-16-40)39-30-37(35-23-25-50-46(32-35)43-19-9-11-21-48(43)58-50)29-38(31-39)36-24-26-51-47(33-36)44-20-10-12-22-49(44)59-51/h1-33H. The highest BCUT2D eigenvalue weighted by atomic mass is 16.3. The molecule has 0 amide bonds. The predicted molar refractivity (Wildman–Crippen MR) is 241 cm³/mol. The van der Waals surface area contributed by atoms with Gasteiger partial charge in [-0.3, -0.25) is 4.57 Å². The summed E-state index contributed by atoms with van der Waals surface area (Å²) in [6.07, 6.45) is 1.90. The average Bonchev–Trinajstić information content (AvgIpc) is 4.01. The van der Waals surface area contributed by atoms with Crippen molar-refractivity contribution < 1.29 is 8.83 Å². The van der Waals surface area contributed by atoms with Gasteiger partial charge in [0.1, 0.15) is 33.7 Å². The Kier molecular flexibility index (Phi) is 7.47. The number of rotatable bonds is 6. The van der Waals surface area contributed by atoms with E-state index in [0.717, 1.165) is 117 Å². The first-order valence-electron chi connectivity index (χ1n) is 19.8. The quantitative estimate of drug-likeness (QED) is 0.170. The zero-order chi connectivity index (χ0) is 38.9. The Morgan fingerprint density at radius 1 is 0.356 bits per heavy atom. The number of aromatic nitrogens is 3. The lowest BCUT2D eigenvalue weighted by Crippen LogP contribution is -1.99. The second-order valence-electron chi connectivity index (χ2n) is 15.0. The molecule has 0 radical (unpaired) electrons. The minimum Gasteiger partial charge on any atom is -0.456 e. The first-order valence-corrected chi connectivity index (χ1v) is 19.8. The first kappa shape index (κ1) is 33.2. The van der Waals surface area contributed by atoms with E-state index in [4.69, 9.17) is 18.8 Å². The summed E-state index contributed by atoms with van der Waals surface area (Å²) in [4.78, 5) is 10.6. The predicted octanol–water partition coefficient (Wildman–Crippen LogP) is 14.6. The minimum absolute atomic E-state index is 0.788. The zero-order valence-electron chi connectivity index (χ0n) is 31.7. The van der Waals surface area contributed by atoms with E-state index in [1.807, 2.05) is 36.5 Å². The summed E-state index contributed by atoms with van der Waals surface area (Å²) in [6.45, 7) is 0. The van der Waals surface area contributed by atoms with Crippen molar-refractivity contribution in [2.75, 3.05) is 0 Å². The van der Waals surface area contributed by atoms with Crippen molar-refractivity contribution in [3.8, 4) is 61.6 Å². The Morgan fingerprint density at radius 2 is 0.881 bits per heavy atom.